The molecule has 2 aliphatic heterocycles. The van der Waals surface area contributed by atoms with Gasteiger partial charge in [0.25, 0.3) is 0 Å². The predicted molar refractivity (Wildman–Crippen MR) is 85.7 cm³/mol. The van der Waals surface area contributed by atoms with Crippen LogP contribution in [0.4, 0.5) is 10.6 Å². The van der Waals surface area contributed by atoms with E-state index in [1.807, 2.05) is 6.07 Å². The number of ether oxygens (including phenoxy) is 1. The van der Waals surface area contributed by atoms with Crippen LogP contribution in [-0.4, -0.2) is 77.9 Å². The van der Waals surface area contributed by atoms with Gasteiger partial charge in [-0.1, -0.05) is 0 Å². The number of nitrogens with zero attached hydrogens (tertiary/aromatic N) is 5. The van der Waals surface area contributed by atoms with E-state index in [9.17, 15) is 9.59 Å². The molecule has 1 aliphatic carbocycles. The number of amides is 2. The fraction of sp³-hybridized carbons (Fsp3) is 0.625. The van der Waals surface area contributed by atoms with E-state index in [-0.39, 0.29) is 12.5 Å². The monoisotopic (exact) mass is 331 g/mol. The number of carbonyl (C=O) groups is 2. The number of rotatable bonds is 4. The molecule has 1 saturated carbocycles. The number of anilines is 1. The Morgan fingerprint density at radius 1 is 1.12 bits per heavy atom. The van der Waals surface area contributed by atoms with Crippen LogP contribution in [0, 0.1) is 0 Å². The summed E-state index contributed by atoms with van der Waals surface area (Å²) in [5.74, 6) is 1.46. The lowest BCUT2D eigenvalue weighted by atomic mass is 10.2. The molecule has 0 N–H and O–H groups in total. The van der Waals surface area contributed by atoms with E-state index in [4.69, 9.17) is 4.74 Å². The zero-order valence-corrected chi connectivity index (χ0v) is 13.6. The maximum atomic E-state index is 12.3. The summed E-state index contributed by atoms with van der Waals surface area (Å²) < 4.78 is 4.85. The van der Waals surface area contributed by atoms with Gasteiger partial charge >= 0.3 is 6.09 Å². The van der Waals surface area contributed by atoms with E-state index >= 15 is 0 Å². The highest BCUT2D eigenvalue weighted by Crippen LogP contribution is 2.38. The molecule has 1 aromatic rings. The van der Waals surface area contributed by atoms with Crippen molar-refractivity contribution in [3.8, 4) is 0 Å². The molecule has 3 heterocycles. The van der Waals surface area contributed by atoms with Crippen molar-refractivity contribution in [2.24, 2.45) is 0 Å². The molecule has 1 aromatic heterocycles. The lowest BCUT2D eigenvalue weighted by molar-refractivity contribution is -0.132. The summed E-state index contributed by atoms with van der Waals surface area (Å²) in [5.41, 5.74) is 1.09. The molecule has 8 nitrogen and oxygen atoms in total. The molecule has 0 unspecified atom stereocenters. The lowest BCUT2D eigenvalue weighted by Gasteiger charge is -2.35. The maximum Gasteiger partial charge on any atom is 0.410 e. The minimum absolute atomic E-state index is 0.0244. The molecule has 0 spiro atoms. The van der Waals surface area contributed by atoms with Crippen molar-refractivity contribution >= 4 is 17.8 Å². The molecule has 128 valence electrons. The standard InChI is InChI=1S/C16H21N5O3/c22-15(11-21-9-10-24-16(21)23)20-7-5-19(6-8-20)14-4-3-13(17-18-14)12-1-2-12/h3-4,12H,1-2,5-11H2. The first kappa shape index (κ1) is 15.2. The lowest BCUT2D eigenvalue weighted by Crippen LogP contribution is -2.51. The van der Waals surface area contributed by atoms with Gasteiger partial charge in [-0.25, -0.2) is 4.79 Å². The second-order valence-corrected chi connectivity index (χ2v) is 6.49. The summed E-state index contributed by atoms with van der Waals surface area (Å²) in [6, 6.07) is 4.09. The maximum absolute atomic E-state index is 12.3. The van der Waals surface area contributed by atoms with Crippen LogP contribution < -0.4 is 4.90 Å². The van der Waals surface area contributed by atoms with Crippen LogP contribution >= 0.6 is 0 Å². The Balaban J connectivity index is 1.29. The zero-order chi connectivity index (χ0) is 16.5. The van der Waals surface area contributed by atoms with E-state index in [1.54, 1.807) is 4.90 Å². The van der Waals surface area contributed by atoms with Gasteiger partial charge in [0.15, 0.2) is 5.82 Å². The largest absolute Gasteiger partial charge is 0.448 e. The van der Waals surface area contributed by atoms with E-state index in [1.165, 1.54) is 17.7 Å². The van der Waals surface area contributed by atoms with Crippen molar-refractivity contribution in [2.75, 3.05) is 50.8 Å². The first-order valence-corrected chi connectivity index (χ1v) is 8.49. The molecule has 0 aromatic carbocycles. The van der Waals surface area contributed by atoms with Gasteiger partial charge in [-0.3, -0.25) is 9.69 Å². The van der Waals surface area contributed by atoms with Gasteiger partial charge in [-0.15, -0.1) is 5.10 Å². The Kier molecular flexibility index (Phi) is 3.95. The highest BCUT2D eigenvalue weighted by atomic mass is 16.6. The quantitative estimate of drug-likeness (QED) is 0.797. The van der Waals surface area contributed by atoms with Crippen LogP contribution in [0.3, 0.4) is 0 Å². The third kappa shape index (κ3) is 3.13. The molecule has 2 saturated heterocycles. The van der Waals surface area contributed by atoms with Gasteiger partial charge in [-0.05, 0) is 25.0 Å². The van der Waals surface area contributed by atoms with Crippen LogP contribution in [0.2, 0.25) is 0 Å². The minimum atomic E-state index is -0.395. The van der Waals surface area contributed by atoms with Gasteiger partial charge in [-0.2, -0.15) is 5.10 Å². The van der Waals surface area contributed by atoms with Crippen molar-refractivity contribution in [1.29, 1.82) is 0 Å². The van der Waals surface area contributed by atoms with Crippen molar-refractivity contribution in [1.82, 2.24) is 20.0 Å². The number of cyclic esters (lactones) is 1. The van der Waals surface area contributed by atoms with Gasteiger partial charge in [0.05, 0.1) is 12.2 Å². The molecule has 0 radical (unpaired) electrons. The third-order valence-electron chi connectivity index (χ3n) is 4.79. The SMILES string of the molecule is O=C(CN1CCOC1=O)N1CCN(c2ccc(C3CC3)nn2)CC1. The molecule has 0 atom stereocenters. The van der Waals surface area contributed by atoms with Crippen LogP contribution in [-0.2, 0) is 9.53 Å². The second-order valence-electron chi connectivity index (χ2n) is 6.49. The molecule has 4 rings (SSSR count). The first-order valence-electron chi connectivity index (χ1n) is 8.49. The van der Waals surface area contributed by atoms with Gasteiger partial charge in [0.1, 0.15) is 13.2 Å². The van der Waals surface area contributed by atoms with Gasteiger partial charge in [0.2, 0.25) is 5.91 Å². The average molecular weight is 331 g/mol. The van der Waals surface area contributed by atoms with Crippen LogP contribution in [0.25, 0.3) is 0 Å². The summed E-state index contributed by atoms with van der Waals surface area (Å²) in [6.45, 7) is 3.69. The van der Waals surface area contributed by atoms with E-state index in [0.717, 1.165) is 24.6 Å². The summed E-state index contributed by atoms with van der Waals surface area (Å²) in [6.07, 6.45) is 2.05. The second kappa shape index (κ2) is 6.26. The van der Waals surface area contributed by atoms with Crippen molar-refractivity contribution < 1.29 is 14.3 Å². The Bertz CT molecular complexity index is 623. The summed E-state index contributed by atoms with van der Waals surface area (Å²) in [5, 5.41) is 8.65. The van der Waals surface area contributed by atoms with Gasteiger partial charge in [0, 0.05) is 32.1 Å². The number of hydrogen-bond donors (Lipinski definition) is 0. The normalized spacial score (nSPS) is 21.2. The molecular weight excluding hydrogens is 310 g/mol. The minimum Gasteiger partial charge on any atom is -0.448 e. The summed E-state index contributed by atoms with van der Waals surface area (Å²) in [4.78, 5) is 29.1. The van der Waals surface area contributed by atoms with E-state index < -0.39 is 6.09 Å². The highest BCUT2D eigenvalue weighted by molar-refractivity contribution is 5.83. The smallest absolute Gasteiger partial charge is 0.410 e. The topological polar surface area (TPSA) is 78.9 Å². The predicted octanol–water partition coefficient (Wildman–Crippen LogP) is 0.455. The van der Waals surface area contributed by atoms with Gasteiger partial charge < -0.3 is 14.5 Å². The third-order valence-corrected chi connectivity index (χ3v) is 4.79. The number of carbonyl (C=O) groups excluding carboxylic acids is 2. The highest BCUT2D eigenvalue weighted by Gasteiger charge is 2.29. The molecule has 2 amide bonds. The Hall–Kier alpha value is -2.38. The van der Waals surface area contributed by atoms with E-state index in [0.29, 0.717) is 32.2 Å². The van der Waals surface area contributed by atoms with Crippen molar-refractivity contribution in [3.05, 3.63) is 17.8 Å². The molecular formula is C16H21N5O3. The number of hydrogen-bond acceptors (Lipinski definition) is 6. The molecule has 3 fully saturated rings. The Morgan fingerprint density at radius 2 is 1.92 bits per heavy atom. The fourth-order valence-electron chi connectivity index (χ4n) is 3.12. The van der Waals surface area contributed by atoms with E-state index in [2.05, 4.69) is 21.2 Å². The zero-order valence-electron chi connectivity index (χ0n) is 13.6. The van der Waals surface area contributed by atoms with Crippen LogP contribution in [0.15, 0.2) is 12.1 Å². The Morgan fingerprint density at radius 3 is 2.50 bits per heavy atom. The molecule has 3 aliphatic rings. The van der Waals surface area contributed by atoms with Crippen molar-refractivity contribution in [3.63, 3.8) is 0 Å². The average Bonchev–Trinajstić information content (AvgIpc) is 3.39. The summed E-state index contributed by atoms with van der Waals surface area (Å²) >= 11 is 0. The summed E-state index contributed by atoms with van der Waals surface area (Å²) in [7, 11) is 0. The van der Waals surface area contributed by atoms with Crippen LogP contribution in [0.5, 0.6) is 0 Å². The fourth-order valence-corrected chi connectivity index (χ4v) is 3.12. The van der Waals surface area contributed by atoms with Crippen LogP contribution in [0.1, 0.15) is 24.5 Å². The molecule has 0 bridgehead atoms. The number of aromatic nitrogens is 2. The van der Waals surface area contributed by atoms with Crippen molar-refractivity contribution in [2.45, 2.75) is 18.8 Å². The Labute approximate surface area is 140 Å². The molecule has 24 heavy (non-hydrogen) atoms. The molecule has 8 heteroatoms. The number of piperazine rings is 1. The first-order chi connectivity index (χ1) is 11.7.